The molecule has 7 nitrogen and oxygen atoms in total. The van der Waals surface area contributed by atoms with Gasteiger partial charge in [0.2, 0.25) is 0 Å². The van der Waals surface area contributed by atoms with Crippen molar-refractivity contribution in [2.45, 2.75) is 50.5 Å². The van der Waals surface area contributed by atoms with Crippen LogP contribution in [0.1, 0.15) is 53.0 Å². The number of thioether (sulfide) groups is 1. The van der Waals surface area contributed by atoms with Gasteiger partial charge in [0.25, 0.3) is 5.69 Å². The van der Waals surface area contributed by atoms with Gasteiger partial charge in [-0.2, -0.15) is 17.0 Å². The van der Waals surface area contributed by atoms with Crippen LogP contribution < -0.4 is 10.6 Å². The Bertz CT molecular complexity index is 1660. The molecule has 0 bridgehead atoms. The van der Waals surface area contributed by atoms with Gasteiger partial charge in [0.15, 0.2) is 5.78 Å². The number of hydrogen-bond acceptors (Lipinski definition) is 7. The zero-order valence-corrected chi connectivity index (χ0v) is 24.4. The normalized spacial score (nSPS) is 17.0. The van der Waals surface area contributed by atoms with E-state index in [1.165, 1.54) is 23.8 Å². The first kappa shape index (κ1) is 28.5. The second kappa shape index (κ2) is 11.8. The summed E-state index contributed by atoms with van der Waals surface area (Å²) in [7, 11) is 0. The molecule has 0 saturated heterocycles. The van der Waals surface area contributed by atoms with Gasteiger partial charge in [-0.15, -0.1) is 0 Å². The van der Waals surface area contributed by atoms with Crippen LogP contribution >= 0.6 is 23.4 Å². The number of ketones is 1. The van der Waals surface area contributed by atoms with Crippen molar-refractivity contribution < 1.29 is 9.72 Å². The second-order valence-electron chi connectivity index (χ2n) is 10.3. The van der Waals surface area contributed by atoms with Gasteiger partial charge in [-0.25, -0.2) is 0 Å². The van der Waals surface area contributed by atoms with Crippen molar-refractivity contribution in [3.05, 3.63) is 126 Å². The minimum Gasteiger partial charge on any atom is -0.384 e. The Balaban J connectivity index is 1.60. The van der Waals surface area contributed by atoms with Gasteiger partial charge in [0.1, 0.15) is 5.82 Å². The highest BCUT2D eigenvalue weighted by atomic mass is 35.5. The molecular formula is C32H29ClN4O3S. The summed E-state index contributed by atoms with van der Waals surface area (Å²) in [6.45, 7) is 4.09. The monoisotopic (exact) mass is 584 g/mol. The van der Waals surface area contributed by atoms with Gasteiger partial charge in [0.05, 0.1) is 33.2 Å². The van der Waals surface area contributed by atoms with Crippen LogP contribution in [0.4, 0.5) is 11.4 Å². The molecule has 1 atom stereocenters. The molecule has 2 N–H and O–H groups in total. The number of Topliss-reactive ketones (excluding diaryl/α,β-unsaturated/α-hetero) is 1. The molecule has 0 radical (unpaired) electrons. The minimum atomic E-state index is -0.602. The number of nitrogens with two attached hydrogens (primary N) is 1. The highest BCUT2D eigenvalue weighted by molar-refractivity contribution is 7.97. The summed E-state index contributed by atoms with van der Waals surface area (Å²) in [6, 6.07) is 21.0. The van der Waals surface area contributed by atoms with Gasteiger partial charge < -0.3 is 5.73 Å². The predicted octanol–water partition coefficient (Wildman–Crippen LogP) is 7.60. The number of non-ortho nitro benzene ring substituents is 1. The van der Waals surface area contributed by atoms with Gasteiger partial charge >= 0.3 is 0 Å². The smallest absolute Gasteiger partial charge is 0.271 e. The lowest BCUT2D eigenvalue weighted by molar-refractivity contribution is -0.384. The fourth-order valence-electron chi connectivity index (χ4n) is 5.70. The maximum atomic E-state index is 13.6. The van der Waals surface area contributed by atoms with Crippen molar-refractivity contribution in [2.75, 3.05) is 4.90 Å². The number of nitriles is 1. The van der Waals surface area contributed by atoms with E-state index >= 15 is 0 Å². The van der Waals surface area contributed by atoms with E-state index < -0.39 is 10.8 Å². The SMILES string of the molecule is Cc1cc(C)c(C2C(C#N)=C(N)N(c3ccc([N+](=O)[O-])cc3Cl)C3=C2C(=O)CCC3)cc1CSCc1ccccc1. The fraction of sp³-hybridized carbons (Fsp3) is 0.250. The van der Waals surface area contributed by atoms with Crippen molar-refractivity contribution in [1.29, 1.82) is 5.26 Å². The van der Waals surface area contributed by atoms with Crippen LogP contribution in [0.5, 0.6) is 0 Å². The number of aryl methyl sites for hydroxylation is 2. The number of nitrogens with zero attached hydrogens (tertiary/aromatic N) is 3. The molecule has 0 aromatic heterocycles. The topological polar surface area (TPSA) is 113 Å². The number of nitro groups is 1. The first-order valence-electron chi connectivity index (χ1n) is 13.3. The lowest BCUT2D eigenvalue weighted by atomic mass is 9.74. The number of allylic oxidation sites excluding steroid dienone is 3. The van der Waals surface area contributed by atoms with E-state index in [0.717, 1.165) is 33.8 Å². The van der Waals surface area contributed by atoms with Crippen LogP contribution in [0.15, 0.2) is 83.3 Å². The van der Waals surface area contributed by atoms with E-state index in [1.54, 1.807) is 4.90 Å². The summed E-state index contributed by atoms with van der Waals surface area (Å²) in [4.78, 5) is 26.0. The summed E-state index contributed by atoms with van der Waals surface area (Å²) in [5, 5.41) is 21.8. The standard InChI is InChI=1S/C32H29ClN4O3S/c1-19-13-20(2)24(14-22(19)18-41-17-21-7-4-3-5-8-21)30-25(16-34)32(35)36(28-9-6-10-29(38)31(28)30)27-12-11-23(37(39)40)15-26(27)33/h3-5,7-8,11-15,30H,6,9-10,17-18,35H2,1-2H3. The van der Waals surface area contributed by atoms with Gasteiger partial charge in [-0.3, -0.25) is 19.8 Å². The molecule has 1 aliphatic heterocycles. The Hall–Kier alpha value is -4.06. The van der Waals surface area contributed by atoms with Gasteiger partial charge in [-0.1, -0.05) is 54.1 Å². The van der Waals surface area contributed by atoms with Crippen molar-refractivity contribution >= 4 is 40.5 Å². The highest BCUT2D eigenvalue weighted by Gasteiger charge is 2.41. The van der Waals surface area contributed by atoms with Crippen LogP contribution in [0.3, 0.4) is 0 Å². The van der Waals surface area contributed by atoms with E-state index in [1.807, 2.05) is 36.9 Å². The Morgan fingerprint density at radius 1 is 1.10 bits per heavy atom. The molecule has 0 amide bonds. The number of anilines is 1. The lowest BCUT2D eigenvalue weighted by Crippen LogP contribution is -2.39. The number of hydrogen-bond donors (Lipinski definition) is 1. The molecule has 0 fully saturated rings. The Morgan fingerprint density at radius 3 is 2.54 bits per heavy atom. The molecule has 1 aliphatic carbocycles. The molecule has 208 valence electrons. The average Bonchev–Trinajstić information content (AvgIpc) is 2.95. The molecule has 1 unspecified atom stereocenters. The quantitative estimate of drug-likeness (QED) is 0.224. The van der Waals surface area contributed by atoms with Crippen molar-refractivity contribution in [3.63, 3.8) is 0 Å². The van der Waals surface area contributed by atoms with Crippen molar-refractivity contribution in [1.82, 2.24) is 0 Å². The van der Waals surface area contributed by atoms with E-state index in [4.69, 9.17) is 17.3 Å². The summed E-state index contributed by atoms with van der Waals surface area (Å²) in [5.41, 5.74) is 13.9. The fourth-order valence-corrected chi connectivity index (χ4v) is 7.02. The van der Waals surface area contributed by atoms with E-state index in [9.17, 15) is 20.2 Å². The maximum Gasteiger partial charge on any atom is 0.271 e. The Labute approximate surface area is 248 Å². The van der Waals surface area contributed by atoms with Crippen molar-refractivity contribution in [2.24, 2.45) is 5.73 Å². The first-order chi connectivity index (χ1) is 19.7. The largest absolute Gasteiger partial charge is 0.384 e. The van der Waals surface area contributed by atoms with Gasteiger partial charge in [0, 0.05) is 41.3 Å². The number of halogens is 1. The average molecular weight is 585 g/mol. The molecule has 3 aromatic carbocycles. The van der Waals surface area contributed by atoms with E-state index in [2.05, 4.69) is 37.3 Å². The molecule has 3 aromatic rings. The maximum absolute atomic E-state index is 13.6. The third-order valence-electron chi connectivity index (χ3n) is 7.70. The number of carbonyl (C=O) groups excluding carboxylic acids is 1. The number of benzene rings is 3. The lowest BCUT2D eigenvalue weighted by Gasteiger charge is -2.40. The van der Waals surface area contributed by atoms with Crippen LogP contribution in [0.2, 0.25) is 5.02 Å². The summed E-state index contributed by atoms with van der Waals surface area (Å²) in [5.74, 6) is 1.21. The van der Waals surface area contributed by atoms with Crippen LogP contribution in [-0.4, -0.2) is 10.7 Å². The Kier molecular flexibility index (Phi) is 8.20. The van der Waals surface area contributed by atoms with Crippen LogP contribution in [-0.2, 0) is 16.3 Å². The van der Waals surface area contributed by atoms with Crippen LogP contribution in [0, 0.1) is 35.3 Å². The number of nitro benzene ring substituents is 1. The summed E-state index contributed by atoms with van der Waals surface area (Å²) < 4.78 is 0. The third-order valence-corrected chi connectivity index (χ3v) is 9.06. The zero-order valence-electron chi connectivity index (χ0n) is 22.8. The molecule has 9 heteroatoms. The third kappa shape index (κ3) is 5.48. The molecule has 1 heterocycles. The zero-order chi connectivity index (χ0) is 29.3. The van der Waals surface area contributed by atoms with Crippen LogP contribution in [0.25, 0.3) is 0 Å². The molecule has 2 aliphatic rings. The Morgan fingerprint density at radius 2 is 1.85 bits per heavy atom. The molecule has 0 saturated carbocycles. The predicted molar refractivity (Wildman–Crippen MR) is 163 cm³/mol. The van der Waals surface area contributed by atoms with Gasteiger partial charge in [-0.05, 0) is 60.6 Å². The number of rotatable bonds is 7. The minimum absolute atomic E-state index is 0.0282. The molecule has 0 spiro atoms. The first-order valence-corrected chi connectivity index (χ1v) is 14.9. The van der Waals surface area contributed by atoms with E-state index in [-0.39, 0.29) is 27.9 Å². The molecule has 41 heavy (non-hydrogen) atoms. The second-order valence-corrected chi connectivity index (χ2v) is 11.7. The number of carbonyl (C=O) groups is 1. The summed E-state index contributed by atoms with van der Waals surface area (Å²) >= 11 is 8.34. The summed E-state index contributed by atoms with van der Waals surface area (Å²) in [6.07, 6.45) is 1.57. The molecule has 5 rings (SSSR count). The molecular weight excluding hydrogens is 556 g/mol. The van der Waals surface area contributed by atoms with Crippen molar-refractivity contribution in [3.8, 4) is 6.07 Å². The van der Waals surface area contributed by atoms with E-state index in [0.29, 0.717) is 36.2 Å². The highest BCUT2D eigenvalue weighted by Crippen LogP contribution is 2.48.